The summed E-state index contributed by atoms with van der Waals surface area (Å²) in [7, 11) is 2.07. The predicted molar refractivity (Wildman–Crippen MR) is 93.9 cm³/mol. The molecule has 3 aromatic rings. The highest BCUT2D eigenvalue weighted by Gasteiger charge is 2.21. The van der Waals surface area contributed by atoms with Crippen LogP contribution in [-0.4, -0.2) is 38.9 Å². The monoisotopic (exact) mass is 322 g/mol. The van der Waals surface area contributed by atoms with Gasteiger partial charge in [-0.05, 0) is 42.7 Å². The molecule has 1 saturated heterocycles. The molecule has 5 heteroatoms. The molecule has 0 radical (unpaired) electrons. The van der Waals surface area contributed by atoms with Gasteiger partial charge in [-0.1, -0.05) is 6.07 Å². The Labute approximate surface area is 141 Å². The van der Waals surface area contributed by atoms with E-state index in [4.69, 9.17) is 4.74 Å². The summed E-state index contributed by atoms with van der Waals surface area (Å²) in [5.74, 6) is 1.00. The summed E-state index contributed by atoms with van der Waals surface area (Å²) in [6.45, 7) is 3.05. The first-order chi connectivity index (χ1) is 11.8. The Morgan fingerprint density at radius 2 is 2.00 bits per heavy atom. The lowest BCUT2D eigenvalue weighted by molar-refractivity contribution is 0.0979. The normalized spacial score (nSPS) is 16.5. The van der Waals surface area contributed by atoms with E-state index in [1.165, 1.54) is 16.5 Å². The van der Waals surface area contributed by atoms with E-state index < -0.39 is 0 Å². The number of hydrogen-bond donors (Lipinski definition) is 0. The molecule has 4 rings (SSSR count). The van der Waals surface area contributed by atoms with Crippen LogP contribution in [0.2, 0.25) is 0 Å². The summed E-state index contributed by atoms with van der Waals surface area (Å²) in [5.41, 5.74) is 2.44. The summed E-state index contributed by atoms with van der Waals surface area (Å²) in [6.07, 6.45) is 8.10. The Kier molecular flexibility index (Phi) is 4.17. The highest BCUT2D eigenvalue weighted by Crippen LogP contribution is 2.28. The van der Waals surface area contributed by atoms with E-state index in [0.717, 1.165) is 38.2 Å². The van der Waals surface area contributed by atoms with Crippen LogP contribution < -0.4 is 4.74 Å². The quantitative estimate of drug-likeness (QED) is 0.740. The second-order valence-corrected chi connectivity index (χ2v) is 6.46. The summed E-state index contributed by atoms with van der Waals surface area (Å²) in [4.78, 5) is 2.46. The maximum Gasteiger partial charge on any atom is 0.129 e. The fourth-order valence-corrected chi connectivity index (χ4v) is 3.41. The van der Waals surface area contributed by atoms with Crippen LogP contribution in [0.3, 0.4) is 0 Å². The summed E-state index contributed by atoms with van der Waals surface area (Å²) in [5, 5.41) is 8.98. The average Bonchev–Trinajstić information content (AvgIpc) is 3.00. The van der Waals surface area contributed by atoms with Gasteiger partial charge in [-0.25, -0.2) is 0 Å². The van der Waals surface area contributed by atoms with Crippen LogP contribution in [0, 0.1) is 0 Å². The van der Waals surface area contributed by atoms with Gasteiger partial charge in [0.2, 0.25) is 0 Å². The number of ether oxygens (including phenoxy) is 1. The zero-order valence-electron chi connectivity index (χ0n) is 13.9. The van der Waals surface area contributed by atoms with Crippen molar-refractivity contribution in [1.29, 1.82) is 0 Å². The molecule has 0 atom stereocenters. The van der Waals surface area contributed by atoms with Crippen molar-refractivity contribution < 1.29 is 4.74 Å². The van der Waals surface area contributed by atoms with Gasteiger partial charge in [0, 0.05) is 44.5 Å². The van der Waals surface area contributed by atoms with Crippen molar-refractivity contribution in [2.45, 2.75) is 25.5 Å². The molecular weight excluding hydrogens is 300 g/mol. The van der Waals surface area contributed by atoms with Crippen LogP contribution in [0.1, 0.15) is 18.4 Å². The molecule has 0 unspecified atom stereocenters. The maximum atomic E-state index is 6.32. The van der Waals surface area contributed by atoms with Crippen molar-refractivity contribution in [3.8, 4) is 5.75 Å². The molecule has 24 heavy (non-hydrogen) atoms. The van der Waals surface area contributed by atoms with Crippen molar-refractivity contribution >= 4 is 10.9 Å². The molecule has 1 aliphatic rings. The van der Waals surface area contributed by atoms with E-state index in [9.17, 15) is 0 Å². The number of likely N-dealkylation sites (tertiary alicyclic amines) is 1. The molecule has 2 aromatic heterocycles. The van der Waals surface area contributed by atoms with Crippen molar-refractivity contribution in [3.05, 3.63) is 54.5 Å². The Morgan fingerprint density at radius 3 is 2.79 bits per heavy atom. The molecule has 1 aromatic carbocycles. The van der Waals surface area contributed by atoms with Gasteiger partial charge in [-0.15, -0.1) is 0 Å². The molecule has 0 bridgehead atoms. The summed E-state index contributed by atoms with van der Waals surface area (Å²) in [6, 6.07) is 10.5. The number of fused-ring (bicyclic) bond motifs is 1. The minimum atomic E-state index is 0.294. The smallest absolute Gasteiger partial charge is 0.129 e. The van der Waals surface area contributed by atoms with E-state index in [1.54, 1.807) is 6.20 Å². The van der Waals surface area contributed by atoms with Gasteiger partial charge in [0.1, 0.15) is 11.9 Å². The number of piperidine rings is 1. The van der Waals surface area contributed by atoms with Gasteiger partial charge in [-0.2, -0.15) is 10.2 Å². The third-order valence-corrected chi connectivity index (χ3v) is 4.77. The molecule has 3 heterocycles. The van der Waals surface area contributed by atoms with Crippen molar-refractivity contribution in [2.75, 3.05) is 13.1 Å². The largest absolute Gasteiger partial charge is 0.490 e. The van der Waals surface area contributed by atoms with Gasteiger partial charge in [-0.3, -0.25) is 4.90 Å². The third kappa shape index (κ3) is 3.12. The van der Waals surface area contributed by atoms with Crippen molar-refractivity contribution in [1.82, 2.24) is 19.7 Å². The molecule has 0 N–H and O–H groups in total. The maximum absolute atomic E-state index is 6.32. The molecule has 5 nitrogen and oxygen atoms in total. The topological polar surface area (TPSA) is 43.2 Å². The highest BCUT2D eigenvalue weighted by atomic mass is 16.5. The molecule has 0 aliphatic carbocycles. The predicted octanol–water partition coefficient (Wildman–Crippen LogP) is 3.01. The van der Waals surface area contributed by atoms with Crippen LogP contribution in [0.15, 0.2) is 48.9 Å². The van der Waals surface area contributed by atoms with Crippen molar-refractivity contribution in [3.63, 3.8) is 0 Å². The zero-order chi connectivity index (χ0) is 16.4. The van der Waals surface area contributed by atoms with Gasteiger partial charge in [0.25, 0.3) is 0 Å². The fourth-order valence-electron chi connectivity index (χ4n) is 3.41. The minimum Gasteiger partial charge on any atom is -0.490 e. The third-order valence-electron chi connectivity index (χ3n) is 4.77. The second-order valence-electron chi connectivity index (χ2n) is 6.46. The lowest BCUT2D eigenvalue weighted by atomic mass is 10.1. The molecular formula is C19H22N4O. The van der Waals surface area contributed by atoms with Crippen LogP contribution in [0.4, 0.5) is 0 Å². The fraction of sp³-hybridized carbons (Fsp3) is 0.368. The molecule has 1 aliphatic heterocycles. The molecule has 0 saturated carbocycles. The van der Waals surface area contributed by atoms with E-state index >= 15 is 0 Å². The molecule has 0 spiro atoms. The van der Waals surface area contributed by atoms with E-state index in [1.807, 2.05) is 12.3 Å². The zero-order valence-corrected chi connectivity index (χ0v) is 13.9. The van der Waals surface area contributed by atoms with Crippen LogP contribution in [0.5, 0.6) is 5.75 Å². The lowest BCUT2D eigenvalue weighted by Crippen LogP contribution is -2.37. The number of aromatic nitrogens is 3. The highest BCUT2D eigenvalue weighted by molar-refractivity contribution is 5.86. The van der Waals surface area contributed by atoms with Crippen LogP contribution in [0.25, 0.3) is 10.9 Å². The average molecular weight is 322 g/mol. The van der Waals surface area contributed by atoms with Gasteiger partial charge in [0.15, 0.2) is 0 Å². The van der Waals surface area contributed by atoms with Gasteiger partial charge >= 0.3 is 0 Å². The number of aryl methyl sites for hydroxylation is 1. The van der Waals surface area contributed by atoms with Crippen molar-refractivity contribution in [2.24, 2.45) is 7.05 Å². The van der Waals surface area contributed by atoms with Crippen LogP contribution in [-0.2, 0) is 13.6 Å². The Bertz CT molecular complexity index is 807. The Morgan fingerprint density at radius 1 is 1.12 bits per heavy atom. The number of benzene rings is 1. The molecule has 124 valence electrons. The Balaban J connectivity index is 1.37. The summed E-state index contributed by atoms with van der Waals surface area (Å²) >= 11 is 0. The SMILES string of the molecule is Cn1ccc2c(OC3CCN(Cc4ccnnc4)CC3)cccc21. The van der Waals surface area contributed by atoms with E-state index in [2.05, 4.69) is 57.2 Å². The Hall–Kier alpha value is -2.40. The molecule has 0 amide bonds. The minimum absolute atomic E-state index is 0.294. The first kappa shape index (κ1) is 15.1. The standard InChI is InChI=1S/C19H22N4O/c1-22-10-8-17-18(22)3-2-4-19(17)24-16-6-11-23(12-7-16)14-15-5-9-20-21-13-15/h2-5,8-10,13,16H,6-7,11-12,14H2,1H3. The van der Waals surface area contributed by atoms with Gasteiger partial charge in [0.05, 0.1) is 11.7 Å². The number of hydrogen-bond acceptors (Lipinski definition) is 4. The number of rotatable bonds is 4. The summed E-state index contributed by atoms with van der Waals surface area (Å²) < 4.78 is 8.45. The van der Waals surface area contributed by atoms with Crippen LogP contribution >= 0.6 is 0 Å². The first-order valence-corrected chi connectivity index (χ1v) is 8.48. The number of nitrogens with zero attached hydrogens (tertiary/aromatic N) is 4. The lowest BCUT2D eigenvalue weighted by Gasteiger charge is -2.32. The second kappa shape index (κ2) is 6.61. The van der Waals surface area contributed by atoms with E-state index in [0.29, 0.717) is 6.10 Å². The van der Waals surface area contributed by atoms with E-state index in [-0.39, 0.29) is 0 Å². The molecule has 1 fully saturated rings. The first-order valence-electron chi connectivity index (χ1n) is 8.48. The van der Waals surface area contributed by atoms with Gasteiger partial charge < -0.3 is 9.30 Å².